The van der Waals surface area contributed by atoms with Crippen molar-refractivity contribution in [1.29, 1.82) is 0 Å². The van der Waals surface area contributed by atoms with E-state index >= 15 is 0 Å². The van der Waals surface area contributed by atoms with E-state index in [1.165, 1.54) is 12.1 Å². The van der Waals surface area contributed by atoms with Crippen molar-refractivity contribution in [3.05, 3.63) is 11.8 Å². The Morgan fingerprint density at radius 2 is 1.92 bits per heavy atom. The molecule has 0 atom stereocenters. The van der Waals surface area contributed by atoms with Crippen LogP contribution in [-0.4, -0.2) is 26.8 Å². The van der Waals surface area contributed by atoms with Crippen LogP contribution in [-0.2, 0) is 0 Å². The van der Waals surface area contributed by atoms with E-state index in [1.807, 2.05) is 21.1 Å². The second-order valence-electron chi connectivity index (χ2n) is 3.11. The molecule has 0 aromatic heterocycles. The maximum Gasteiger partial charge on any atom is 0.0966 e. The van der Waals surface area contributed by atoms with Crippen LogP contribution in [0.4, 0.5) is 0 Å². The molecule has 1 rings (SSSR count). The van der Waals surface area contributed by atoms with Gasteiger partial charge in [0.05, 0.1) is 5.66 Å². The SMILES string of the molecule is CNC1=[C]C(NC)(NC)CCC1. The van der Waals surface area contributed by atoms with E-state index in [2.05, 4.69) is 22.0 Å². The van der Waals surface area contributed by atoms with Crippen molar-refractivity contribution in [1.82, 2.24) is 16.0 Å². The molecule has 12 heavy (non-hydrogen) atoms. The van der Waals surface area contributed by atoms with E-state index < -0.39 is 0 Å². The number of rotatable bonds is 3. The minimum atomic E-state index is -0.114. The highest BCUT2D eigenvalue weighted by Gasteiger charge is 2.27. The fraction of sp³-hybridized carbons (Fsp3) is 0.778. The molecule has 0 fully saturated rings. The number of nitrogens with one attached hydrogen (secondary N) is 3. The first kappa shape index (κ1) is 9.55. The summed E-state index contributed by atoms with van der Waals surface area (Å²) >= 11 is 0. The Labute approximate surface area is 74.6 Å². The molecule has 0 saturated carbocycles. The largest absolute Gasteiger partial charge is 0.391 e. The van der Waals surface area contributed by atoms with Gasteiger partial charge < -0.3 is 5.32 Å². The van der Waals surface area contributed by atoms with Gasteiger partial charge in [-0.2, -0.15) is 0 Å². The van der Waals surface area contributed by atoms with Crippen LogP contribution in [0.25, 0.3) is 0 Å². The highest BCUT2D eigenvalue weighted by atomic mass is 15.2. The summed E-state index contributed by atoms with van der Waals surface area (Å²) in [5, 5.41) is 9.65. The summed E-state index contributed by atoms with van der Waals surface area (Å²) in [6, 6.07) is 0. The first-order valence-corrected chi connectivity index (χ1v) is 4.46. The smallest absolute Gasteiger partial charge is 0.0966 e. The average Bonchev–Trinajstić information content (AvgIpc) is 2.18. The van der Waals surface area contributed by atoms with Crippen LogP contribution >= 0.6 is 0 Å². The van der Waals surface area contributed by atoms with Crippen molar-refractivity contribution < 1.29 is 0 Å². The highest BCUT2D eigenvalue weighted by molar-refractivity contribution is 5.09. The minimum absolute atomic E-state index is 0.114. The van der Waals surface area contributed by atoms with Gasteiger partial charge in [-0.1, -0.05) is 0 Å². The predicted octanol–water partition coefficient (Wildman–Crippen LogP) is 0.212. The molecule has 0 bridgehead atoms. The lowest BCUT2D eigenvalue weighted by atomic mass is 9.94. The zero-order valence-corrected chi connectivity index (χ0v) is 8.12. The van der Waals surface area contributed by atoms with Crippen molar-refractivity contribution in [3.63, 3.8) is 0 Å². The van der Waals surface area contributed by atoms with Crippen molar-refractivity contribution in [2.24, 2.45) is 0 Å². The second kappa shape index (κ2) is 3.92. The van der Waals surface area contributed by atoms with E-state index in [0.29, 0.717) is 0 Å². The number of hydrogen-bond donors (Lipinski definition) is 3. The first-order chi connectivity index (χ1) is 5.76. The van der Waals surface area contributed by atoms with Gasteiger partial charge in [-0.15, -0.1) is 0 Å². The summed E-state index contributed by atoms with van der Waals surface area (Å²) < 4.78 is 0. The van der Waals surface area contributed by atoms with Crippen LogP contribution in [0.3, 0.4) is 0 Å². The molecule has 1 radical (unpaired) electrons. The van der Waals surface area contributed by atoms with Crippen LogP contribution in [0.15, 0.2) is 5.70 Å². The molecule has 0 aliphatic heterocycles. The summed E-state index contributed by atoms with van der Waals surface area (Å²) in [6.45, 7) is 0. The van der Waals surface area contributed by atoms with Gasteiger partial charge in [0.2, 0.25) is 0 Å². The summed E-state index contributed by atoms with van der Waals surface area (Å²) in [6.07, 6.45) is 6.81. The standard InChI is InChI=1S/C9H18N3/c1-10-8-5-4-6-9(7-8,11-2)12-3/h10-12H,4-6H2,1-3H3. The Balaban J connectivity index is 2.75. The Hall–Kier alpha value is -0.540. The van der Waals surface area contributed by atoms with Crippen molar-refractivity contribution in [2.45, 2.75) is 24.9 Å². The molecule has 69 valence electrons. The third-order valence-corrected chi connectivity index (χ3v) is 2.50. The van der Waals surface area contributed by atoms with E-state index in [9.17, 15) is 0 Å². The molecule has 3 N–H and O–H groups in total. The molecule has 0 amide bonds. The molecule has 1 aliphatic rings. The van der Waals surface area contributed by atoms with E-state index in [1.54, 1.807) is 0 Å². The topological polar surface area (TPSA) is 36.1 Å². The summed E-state index contributed by atoms with van der Waals surface area (Å²) in [5.74, 6) is 0. The number of likely N-dealkylation sites (N-methyl/N-ethyl adjacent to an activating group) is 2. The Kier molecular flexibility index (Phi) is 3.12. The molecule has 1 aliphatic carbocycles. The lowest BCUT2D eigenvalue weighted by molar-refractivity contribution is 0.309. The molecular formula is C9H18N3. The van der Waals surface area contributed by atoms with E-state index in [-0.39, 0.29) is 5.66 Å². The van der Waals surface area contributed by atoms with Gasteiger partial charge in [-0.3, -0.25) is 10.6 Å². The molecule has 0 unspecified atom stereocenters. The fourth-order valence-electron chi connectivity index (χ4n) is 1.60. The maximum absolute atomic E-state index is 3.40. The predicted molar refractivity (Wildman–Crippen MR) is 50.5 cm³/mol. The van der Waals surface area contributed by atoms with E-state index in [4.69, 9.17) is 0 Å². The lowest BCUT2D eigenvalue weighted by Crippen LogP contribution is -2.54. The molecule has 3 nitrogen and oxygen atoms in total. The van der Waals surface area contributed by atoms with Gasteiger partial charge in [0.15, 0.2) is 0 Å². The zero-order valence-electron chi connectivity index (χ0n) is 8.12. The van der Waals surface area contributed by atoms with Gasteiger partial charge >= 0.3 is 0 Å². The van der Waals surface area contributed by atoms with Crippen molar-refractivity contribution >= 4 is 0 Å². The molecule has 0 heterocycles. The summed E-state index contributed by atoms with van der Waals surface area (Å²) in [4.78, 5) is 0. The molecule has 0 saturated heterocycles. The van der Waals surface area contributed by atoms with E-state index in [0.717, 1.165) is 12.8 Å². The molecule has 0 aromatic carbocycles. The molecule has 0 spiro atoms. The van der Waals surface area contributed by atoms with Gasteiger partial charge in [-0.05, 0) is 33.4 Å². The van der Waals surface area contributed by atoms with Crippen molar-refractivity contribution in [2.75, 3.05) is 21.1 Å². The Morgan fingerprint density at radius 1 is 1.25 bits per heavy atom. The third-order valence-electron chi connectivity index (χ3n) is 2.50. The minimum Gasteiger partial charge on any atom is -0.391 e. The fourth-order valence-corrected chi connectivity index (χ4v) is 1.60. The zero-order chi connectivity index (χ0) is 9.03. The Morgan fingerprint density at radius 3 is 2.42 bits per heavy atom. The third kappa shape index (κ3) is 1.79. The normalized spacial score (nSPS) is 21.8. The van der Waals surface area contributed by atoms with Gasteiger partial charge in [-0.25, -0.2) is 0 Å². The van der Waals surface area contributed by atoms with Crippen LogP contribution in [0.2, 0.25) is 0 Å². The summed E-state index contributed by atoms with van der Waals surface area (Å²) in [5.41, 5.74) is 1.08. The van der Waals surface area contributed by atoms with Gasteiger partial charge in [0, 0.05) is 18.8 Å². The van der Waals surface area contributed by atoms with Crippen LogP contribution in [0.1, 0.15) is 19.3 Å². The van der Waals surface area contributed by atoms with Crippen LogP contribution in [0.5, 0.6) is 0 Å². The van der Waals surface area contributed by atoms with Gasteiger partial charge in [0.1, 0.15) is 0 Å². The first-order valence-electron chi connectivity index (χ1n) is 4.46. The van der Waals surface area contributed by atoms with Crippen LogP contribution < -0.4 is 16.0 Å². The summed E-state index contributed by atoms with van der Waals surface area (Å²) in [7, 11) is 5.87. The maximum atomic E-state index is 3.40. The van der Waals surface area contributed by atoms with Crippen molar-refractivity contribution in [3.8, 4) is 0 Å². The highest BCUT2D eigenvalue weighted by Crippen LogP contribution is 2.21. The van der Waals surface area contributed by atoms with Gasteiger partial charge in [0.25, 0.3) is 0 Å². The second-order valence-corrected chi connectivity index (χ2v) is 3.11. The molecule has 0 aromatic rings. The number of allylic oxidation sites excluding steroid dienone is 1. The molecular weight excluding hydrogens is 150 g/mol. The lowest BCUT2D eigenvalue weighted by Gasteiger charge is -2.33. The number of hydrogen-bond acceptors (Lipinski definition) is 3. The average molecular weight is 168 g/mol. The van der Waals surface area contributed by atoms with Crippen LogP contribution in [0, 0.1) is 6.08 Å². The Bertz CT molecular complexity index is 171. The molecule has 3 heteroatoms. The monoisotopic (exact) mass is 168 g/mol. The quantitative estimate of drug-likeness (QED) is 0.527.